The van der Waals surface area contributed by atoms with E-state index in [1.54, 1.807) is 0 Å². The number of hydrogen-bond acceptors (Lipinski definition) is 4. The molecule has 0 aliphatic rings. The molecular weight excluding hydrogens is 352 g/mol. The van der Waals surface area contributed by atoms with Crippen LogP contribution in [0.3, 0.4) is 0 Å². The molecule has 1 atom stereocenters. The van der Waals surface area contributed by atoms with Crippen molar-refractivity contribution in [2.75, 3.05) is 11.9 Å². The van der Waals surface area contributed by atoms with Gasteiger partial charge in [0.15, 0.2) is 6.61 Å². The smallest absolute Gasteiger partial charge is 0.262 e. The SMILES string of the molecule is CCCC(C)c1ccc(OCC(=O)Nc2ccc(S(N)(=O)=O)cc2)cc1. The van der Waals surface area contributed by atoms with Gasteiger partial charge in [0.05, 0.1) is 4.90 Å². The molecule has 0 bridgehead atoms. The summed E-state index contributed by atoms with van der Waals surface area (Å²) in [6.07, 6.45) is 2.27. The minimum Gasteiger partial charge on any atom is -0.484 e. The summed E-state index contributed by atoms with van der Waals surface area (Å²) in [5.74, 6) is 0.784. The van der Waals surface area contributed by atoms with Crippen LogP contribution in [0, 0.1) is 0 Å². The molecule has 2 aromatic carbocycles. The Morgan fingerprint density at radius 2 is 1.73 bits per heavy atom. The summed E-state index contributed by atoms with van der Waals surface area (Å²) in [5.41, 5.74) is 1.72. The second-order valence-corrected chi connectivity index (χ2v) is 7.73. The van der Waals surface area contributed by atoms with Crippen molar-refractivity contribution in [3.8, 4) is 5.75 Å². The Hall–Kier alpha value is -2.38. The molecule has 6 nitrogen and oxygen atoms in total. The van der Waals surface area contributed by atoms with Crippen LogP contribution < -0.4 is 15.2 Å². The van der Waals surface area contributed by atoms with Gasteiger partial charge < -0.3 is 10.1 Å². The lowest BCUT2D eigenvalue weighted by molar-refractivity contribution is -0.118. The van der Waals surface area contributed by atoms with Crippen LogP contribution in [0.5, 0.6) is 5.75 Å². The quantitative estimate of drug-likeness (QED) is 0.739. The third-order valence-electron chi connectivity index (χ3n) is 4.01. The van der Waals surface area contributed by atoms with E-state index in [-0.39, 0.29) is 17.4 Å². The Kier molecular flexibility index (Phi) is 6.76. The van der Waals surface area contributed by atoms with Gasteiger partial charge in [-0.1, -0.05) is 32.4 Å². The second-order valence-electron chi connectivity index (χ2n) is 6.16. The van der Waals surface area contributed by atoms with Crippen LogP contribution in [0.2, 0.25) is 0 Å². The topological polar surface area (TPSA) is 98.5 Å². The fourth-order valence-electron chi connectivity index (χ4n) is 2.57. The van der Waals surface area contributed by atoms with Gasteiger partial charge in [-0.2, -0.15) is 0 Å². The summed E-state index contributed by atoms with van der Waals surface area (Å²) in [4.78, 5) is 11.9. The molecule has 0 spiro atoms. The lowest BCUT2D eigenvalue weighted by atomic mass is 9.97. The first kappa shape index (κ1) is 19.9. The van der Waals surface area contributed by atoms with Gasteiger partial charge in [-0.15, -0.1) is 0 Å². The van der Waals surface area contributed by atoms with E-state index >= 15 is 0 Å². The summed E-state index contributed by atoms with van der Waals surface area (Å²) in [6, 6.07) is 13.4. The van der Waals surface area contributed by atoms with Crippen molar-refractivity contribution >= 4 is 21.6 Å². The lowest BCUT2D eigenvalue weighted by Crippen LogP contribution is -2.20. The third kappa shape index (κ3) is 5.86. The van der Waals surface area contributed by atoms with Gasteiger partial charge in [0.2, 0.25) is 10.0 Å². The molecule has 2 rings (SSSR count). The first-order valence-corrected chi connectivity index (χ1v) is 9.99. The molecule has 0 aliphatic carbocycles. The standard InChI is InChI=1S/C19H24N2O4S/c1-3-4-14(2)15-5-9-17(10-6-15)25-13-19(22)21-16-7-11-18(12-8-16)26(20,23)24/h5-12,14H,3-4,13H2,1-2H3,(H,21,22)(H2,20,23,24). The zero-order chi connectivity index (χ0) is 19.2. The van der Waals surface area contributed by atoms with E-state index in [0.29, 0.717) is 17.4 Å². The summed E-state index contributed by atoms with van der Waals surface area (Å²) >= 11 is 0. The van der Waals surface area contributed by atoms with E-state index in [0.717, 1.165) is 12.8 Å². The maximum atomic E-state index is 11.9. The van der Waals surface area contributed by atoms with Gasteiger partial charge in [0, 0.05) is 5.69 Å². The Labute approximate surface area is 154 Å². The fourth-order valence-corrected chi connectivity index (χ4v) is 3.08. The van der Waals surface area contributed by atoms with Crippen LogP contribution >= 0.6 is 0 Å². The molecule has 2 aromatic rings. The number of nitrogens with two attached hydrogens (primary N) is 1. The van der Waals surface area contributed by atoms with Crippen molar-refractivity contribution in [2.45, 2.75) is 37.5 Å². The van der Waals surface area contributed by atoms with Gasteiger partial charge >= 0.3 is 0 Å². The molecule has 0 radical (unpaired) electrons. The van der Waals surface area contributed by atoms with Crippen molar-refractivity contribution in [3.63, 3.8) is 0 Å². The van der Waals surface area contributed by atoms with Crippen LogP contribution in [-0.2, 0) is 14.8 Å². The Morgan fingerprint density at radius 3 is 2.27 bits per heavy atom. The monoisotopic (exact) mass is 376 g/mol. The molecule has 1 amide bonds. The second kappa shape index (κ2) is 8.82. The maximum Gasteiger partial charge on any atom is 0.262 e. The summed E-state index contributed by atoms with van der Waals surface area (Å²) in [6.45, 7) is 4.21. The van der Waals surface area contributed by atoms with Crippen molar-refractivity contribution in [1.29, 1.82) is 0 Å². The average molecular weight is 376 g/mol. The van der Waals surface area contributed by atoms with Crippen molar-refractivity contribution in [1.82, 2.24) is 0 Å². The fraction of sp³-hybridized carbons (Fsp3) is 0.316. The van der Waals surface area contributed by atoms with E-state index < -0.39 is 10.0 Å². The Balaban J connectivity index is 1.86. The number of nitrogens with one attached hydrogen (secondary N) is 1. The third-order valence-corrected chi connectivity index (χ3v) is 4.94. The van der Waals surface area contributed by atoms with Gasteiger partial charge in [-0.05, 0) is 54.3 Å². The number of carbonyl (C=O) groups excluding carboxylic acids is 1. The minimum absolute atomic E-state index is 0.0101. The Morgan fingerprint density at radius 1 is 1.12 bits per heavy atom. The van der Waals surface area contributed by atoms with Crippen molar-refractivity contribution in [3.05, 3.63) is 54.1 Å². The number of carbonyl (C=O) groups is 1. The highest BCUT2D eigenvalue weighted by atomic mass is 32.2. The van der Waals surface area contributed by atoms with Gasteiger partial charge in [0.1, 0.15) is 5.75 Å². The molecule has 26 heavy (non-hydrogen) atoms. The zero-order valence-electron chi connectivity index (χ0n) is 14.9. The summed E-state index contributed by atoms with van der Waals surface area (Å²) < 4.78 is 27.9. The van der Waals surface area contributed by atoms with Crippen molar-refractivity contribution in [2.24, 2.45) is 5.14 Å². The highest BCUT2D eigenvalue weighted by molar-refractivity contribution is 7.89. The van der Waals surface area contributed by atoms with E-state index in [9.17, 15) is 13.2 Å². The molecule has 0 saturated heterocycles. The van der Waals surface area contributed by atoms with Crippen LogP contribution in [0.25, 0.3) is 0 Å². The molecular formula is C19H24N2O4S. The predicted molar refractivity (Wildman–Crippen MR) is 102 cm³/mol. The molecule has 0 aliphatic heterocycles. The number of amides is 1. The van der Waals surface area contributed by atoms with Crippen molar-refractivity contribution < 1.29 is 17.9 Å². The van der Waals surface area contributed by atoms with Crippen LogP contribution in [0.15, 0.2) is 53.4 Å². The highest BCUT2D eigenvalue weighted by Crippen LogP contribution is 2.23. The van der Waals surface area contributed by atoms with Gasteiger partial charge in [-0.3, -0.25) is 4.79 Å². The molecule has 0 fully saturated rings. The summed E-state index contributed by atoms with van der Waals surface area (Å²) in [7, 11) is -3.75. The Bertz CT molecular complexity index is 831. The first-order chi connectivity index (χ1) is 12.3. The molecule has 0 heterocycles. The van der Waals surface area contributed by atoms with Gasteiger partial charge in [0.25, 0.3) is 5.91 Å². The number of primary sulfonamides is 1. The predicted octanol–water partition coefficient (Wildman–Crippen LogP) is 3.26. The molecule has 140 valence electrons. The molecule has 0 aromatic heterocycles. The normalized spacial score (nSPS) is 12.4. The number of ether oxygens (including phenoxy) is 1. The van der Waals surface area contributed by atoms with E-state index in [1.807, 2.05) is 24.3 Å². The number of anilines is 1. The van der Waals surface area contributed by atoms with Crippen LogP contribution in [-0.4, -0.2) is 20.9 Å². The number of rotatable bonds is 8. The largest absolute Gasteiger partial charge is 0.484 e. The maximum absolute atomic E-state index is 11.9. The summed E-state index contributed by atoms with van der Waals surface area (Å²) in [5, 5.41) is 7.67. The first-order valence-electron chi connectivity index (χ1n) is 8.45. The minimum atomic E-state index is -3.75. The average Bonchev–Trinajstić information content (AvgIpc) is 2.60. The molecule has 3 N–H and O–H groups in total. The molecule has 1 unspecified atom stereocenters. The zero-order valence-corrected chi connectivity index (χ0v) is 15.8. The van der Waals surface area contributed by atoms with E-state index in [1.165, 1.54) is 29.8 Å². The number of benzene rings is 2. The molecule has 0 saturated carbocycles. The van der Waals surface area contributed by atoms with Crippen LogP contribution in [0.4, 0.5) is 5.69 Å². The van der Waals surface area contributed by atoms with Gasteiger partial charge in [-0.25, -0.2) is 13.6 Å². The van der Waals surface area contributed by atoms with E-state index in [4.69, 9.17) is 9.88 Å². The number of sulfonamides is 1. The molecule has 7 heteroatoms. The van der Waals surface area contributed by atoms with Crippen LogP contribution in [0.1, 0.15) is 38.2 Å². The number of hydrogen-bond donors (Lipinski definition) is 2. The lowest BCUT2D eigenvalue weighted by Gasteiger charge is -2.12. The highest BCUT2D eigenvalue weighted by Gasteiger charge is 2.09. The van der Waals surface area contributed by atoms with E-state index in [2.05, 4.69) is 19.2 Å².